The number of H-pyrrole nitrogens is 1. The third kappa shape index (κ3) is 3.98. The predicted octanol–water partition coefficient (Wildman–Crippen LogP) is 2.37. The lowest BCUT2D eigenvalue weighted by atomic mass is 10.2. The van der Waals surface area contributed by atoms with E-state index < -0.39 is 0 Å². The summed E-state index contributed by atoms with van der Waals surface area (Å²) in [6.07, 6.45) is 0. The summed E-state index contributed by atoms with van der Waals surface area (Å²) in [5.74, 6) is 0.425. The van der Waals surface area contributed by atoms with E-state index in [1.54, 1.807) is 7.11 Å². The van der Waals surface area contributed by atoms with Crippen LogP contribution in [0, 0.1) is 0 Å². The van der Waals surface area contributed by atoms with Crippen molar-refractivity contribution < 1.29 is 4.74 Å². The van der Waals surface area contributed by atoms with Gasteiger partial charge in [0.1, 0.15) is 0 Å². The molecule has 0 aliphatic carbocycles. The molecule has 108 valence electrons. The first-order valence-corrected chi connectivity index (χ1v) is 7.20. The van der Waals surface area contributed by atoms with Gasteiger partial charge in [0.25, 0.3) is 0 Å². The van der Waals surface area contributed by atoms with Gasteiger partial charge in [0.2, 0.25) is 0 Å². The Balaban J connectivity index is 2.01. The number of guanidine groups is 1. The lowest BCUT2D eigenvalue weighted by Crippen LogP contribution is -2.40. The van der Waals surface area contributed by atoms with E-state index in [2.05, 4.69) is 43.4 Å². The Morgan fingerprint density at radius 3 is 3.05 bits per heavy atom. The molecule has 0 fully saturated rings. The molecule has 0 spiro atoms. The third-order valence-electron chi connectivity index (χ3n) is 2.87. The van der Waals surface area contributed by atoms with Crippen LogP contribution in [-0.4, -0.2) is 30.7 Å². The topological polar surface area (TPSA) is 75.4 Å². The molecule has 1 aromatic carbocycles. The number of hydrogen-bond acceptors (Lipinski definition) is 2. The molecule has 1 atom stereocenters. The van der Waals surface area contributed by atoms with Gasteiger partial charge in [-0.3, -0.25) is 0 Å². The highest BCUT2D eigenvalue weighted by molar-refractivity contribution is 9.10. The van der Waals surface area contributed by atoms with Crippen molar-refractivity contribution in [3.8, 4) is 0 Å². The van der Waals surface area contributed by atoms with E-state index in [1.165, 1.54) is 0 Å². The molecular weight excluding hydrogens is 320 g/mol. The van der Waals surface area contributed by atoms with E-state index in [-0.39, 0.29) is 6.04 Å². The van der Waals surface area contributed by atoms with Crippen LogP contribution in [0.4, 0.5) is 0 Å². The van der Waals surface area contributed by atoms with Crippen LogP contribution >= 0.6 is 15.9 Å². The Kier molecular flexibility index (Phi) is 5.03. The number of hydrogen-bond donors (Lipinski definition) is 3. The summed E-state index contributed by atoms with van der Waals surface area (Å²) in [6.45, 7) is 3.10. The number of ether oxygens (including phenoxy) is 1. The van der Waals surface area contributed by atoms with Crippen LogP contribution < -0.4 is 11.1 Å². The number of nitrogens with two attached hydrogens (primary N) is 1. The third-order valence-corrected chi connectivity index (χ3v) is 3.36. The molecule has 0 saturated heterocycles. The van der Waals surface area contributed by atoms with E-state index in [0.717, 1.165) is 21.1 Å². The number of methoxy groups -OCH3 is 1. The quantitative estimate of drug-likeness (QED) is 0.578. The summed E-state index contributed by atoms with van der Waals surface area (Å²) in [6, 6.07) is 8.34. The maximum atomic E-state index is 5.83. The van der Waals surface area contributed by atoms with E-state index >= 15 is 0 Å². The van der Waals surface area contributed by atoms with E-state index in [9.17, 15) is 0 Å². The van der Waals surface area contributed by atoms with Gasteiger partial charge in [0.15, 0.2) is 5.96 Å². The fourth-order valence-electron chi connectivity index (χ4n) is 2.01. The summed E-state index contributed by atoms with van der Waals surface area (Å²) < 4.78 is 6.10. The molecule has 1 aromatic heterocycles. The standard InChI is InChI=1S/C14H19BrN4O/c1-9(8-20-2)18-14(16)17-7-12-6-10-5-11(15)3-4-13(10)19-12/h3-6,9,19H,7-8H2,1-2H3,(H3,16,17,18). The maximum absolute atomic E-state index is 5.83. The van der Waals surface area contributed by atoms with Gasteiger partial charge in [-0.2, -0.15) is 0 Å². The number of rotatable bonds is 5. The molecule has 0 aliphatic heterocycles. The molecule has 0 radical (unpaired) electrons. The van der Waals surface area contributed by atoms with Crippen LogP contribution in [0.1, 0.15) is 12.6 Å². The van der Waals surface area contributed by atoms with Crippen molar-refractivity contribution in [1.82, 2.24) is 10.3 Å². The van der Waals surface area contributed by atoms with Crippen molar-refractivity contribution in [3.63, 3.8) is 0 Å². The zero-order chi connectivity index (χ0) is 14.5. The van der Waals surface area contributed by atoms with Crippen molar-refractivity contribution in [2.75, 3.05) is 13.7 Å². The number of aromatic amines is 1. The minimum atomic E-state index is 0.141. The molecule has 2 aromatic rings. The lowest BCUT2D eigenvalue weighted by Gasteiger charge is -2.12. The average Bonchev–Trinajstić information content (AvgIpc) is 2.78. The normalized spacial score (nSPS) is 13.7. The van der Waals surface area contributed by atoms with Crippen LogP contribution in [0.25, 0.3) is 10.9 Å². The molecule has 1 unspecified atom stereocenters. The van der Waals surface area contributed by atoms with Gasteiger partial charge in [-0.1, -0.05) is 15.9 Å². The second-order valence-corrected chi connectivity index (χ2v) is 5.64. The van der Waals surface area contributed by atoms with Gasteiger partial charge in [-0.05, 0) is 31.2 Å². The van der Waals surface area contributed by atoms with Gasteiger partial charge in [-0.15, -0.1) is 0 Å². The number of fused-ring (bicyclic) bond motifs is 1. The maximum Gasteiger partial charge on any atom is 0.189 e. The number of aliphatic imine (C=N–C) groups is 1. The fourth-order valence-corrected chi connectivity index (χ4v) is 2.39. The van der Waals surface area contributed by atoms with Crippen molar-refractivity contribution >= 4 is 32.8 Å². The van der Waals surface area contributed by atoms with E-state index in [0.29, 0.717) is 19.1 Å². The van der Waals surface area contributed by atoms with Gasteiger partial charge >= 0.3 is 0 Å². The molecule has 20 heavy (non-hydrogen) atoms. The largest absolute Gasteiger partial charge is 0.383 e. The van der Waals surface area contributed by atoms with Crippen molar-refractivity contribution in [1.29, 1.82) is 0 Å². The Morgan fingerprint density at radius 2 is 2.30 bits per heavy atom. The van der Waals surface area contributed by atoms with Gasteiger partial charge in [0.05, 0.1) is 13.2 Å². The summed E-state index contributed by atoms with van der Waals surface area (Å²) in [7, 11) is 1.66. The molecule has 4 N–H and O–H groups in total. The van der Waals surface area contributed by atoms with Crippen LogP contribution in [0.5, 0.6) is 0 Å². The molecule has 2 rings (SSSR count). The number of benzene rings is 1. The second-order valence-electron chi connectivity index (χ2n) is 4.73. The number of halogens is 1. The van der Waals surface area contributed by atoms with Gasteiger partial charge < -0.3 is 20.8 Å². The van der Waals surface area contributed by atoms with Crippen molar-refractivity contribution in [2.45, 2.75) is 19.5 Å². The van der Waals surface area contributed by atoms with E-state index in [4.69, 9.17) is 10.5 Å². The monoisotopic (exact) mass is 338 g/mol. The first-order valence-electron chi connectivity index (χ1n) is 6.41. The Labute approximate surface area is 126 Å². The summed E-state index contributed by atoms with van der Waals surface area (Å²) in [5, 5.41) is 4.23. The summed E-state index contributed by atoms with van der Waals surface area (Å²) in [5.41, 5.74) is 7.96. The molecule has 0 bridgehead atoms. The minimum absolute atomic E-state index is 0.141. The molecule has 0 saturated carbocycles. The first kappa shape index (κ1) is 14.9. The van der Waals surface area contributed by atoms with Crippen LogP contribution in [-0.2, 0) is 11.3 Å². The van der Waals surface area contributed by atoms with Crippen LogP contribution in [0.15, 0.2) is 33.7 Å². The predicted molar refractivity (Wildman–Crippen MR) is 85.8 cm³/mol. The SMILES string of the molecule is COCC(C)NC(N)=NCc1cc2cc(Br)ccc2[nH]1. The molecule has 1 heterocycles. The molecule has 0 amide bonds. The fraction of sp³-hybridized carbons (Fsp3) is 0.357. The van der Waals surface area contributed by atoms with Crippen molar-refractivity contribution in [2.24, 2.45) is 10.7 Å². The molecule has 0 aliphatic rings. The Morgan fingerprint density at radius 1 is 1.50 bits per heavy atom. The highest BCUT2D eigenvalue weighted by Crippen LogP contribution is 2.20. The second kappa shape index (κ2) is 6.76. The lowest BCUT2D eigenvalue weighted by molar-refractivity contribution is 0.179. The minimum Gasteiger partial charge on any atom is -0.383 e. The average molecular weight is 339 g/mol. The summed E-state index contributed by atoms with van der Waals surface area (Å²) in [4.78, 5) is 7.64. The molecule has 6 heteroatoms. The van der Waals surface area contributed by atoms with E-state index in [1.807, 2.05) is 19.1 Å². The smallest absolute Gasteiger partial charge is 0.189 e. The number of aromatic nitrogens is 1. The van der Waals surface area contributed by atoms with Crippen LogP contribution in [0.3, 0.4) is 0 Å². The molecular formula is C14H19BrN4O. The zero-order valence-corrected chi connectivity index (χ0v) is 13.2. The van der Waals surface area contributed by atoms with Crippen molar-refractivity contribution in [3.05, 3.63) is 34.4 Å². The Bertz CT molecular complexity index is 608. The highest BCUT2D eigenvalue weighted by atomic mass is 79.9. The van der Waals surface area contributed by atoms with Gasteiger partial charge in [-0.25, -0.2) is 4.99 Å². The zero-order valence-electron chi connectivity index (χ0n) is 11.6. The highest BCUT2D eigenvalue weighted by Gasteiger charge is 2.03. The summed E-state index contributed by atoms with van der Waals surface area (Å²) >= 11 is 3.46. The van der Waals surface area contributed by atoms with Gasteiger partial charge in [0, 0.05) is 34.2 Å². The number of nitrogens with zero attached hydrogens (tertiary/aromatic N) is 1. The molecule has 5 nitrogen and oxygen atoms in total. The Hall–Kier alpha value is -1.53. The van der Waals surface area contributed by atoms with Crippen LogP contribution in [0.2, 0.25) is 0 Å². The number of nitrogens with one attached hydrogen (secondary N) is 2. The first-order chi connectivity index (χ1) is 9.58.